The zero-order chi connectivity index (χ0) is 15.0. The fourth-order valence-electron chi connectivity index (χ4n) is 1.54. The molecule has 5 heteroatoms. The Balaban J connectivity index is 2.49. The van der Waals surface area contributed by atoms with Gasteiger partial charge in [0.05, 0.1) is 18.8 Å². The van der Waals surface area contributed by atoms with E-state index in [2.05, 4.69) is 24.5 Å². The second kappa shape index (κ2) is 8.30. The number of benzene rings is 1. The van der Waals surface area contributed by atoms with E-state index in [4.69, 9.17) is 10.5 Å². The first-order valence-corrected chi connectivity index (χ1v) is 7.05. The van der Waals surface area contributed by atoms with Crippen molar-refractivity contribution in [1.29, 1.82) is 0 Å². The number of carbonyl (C=O) groups is 1. The Morgan fingerprint density at radius 2 is 2.15 bits per heavy atom. The second-order valence-corrected chi connectivity index (χ2v) is 5.15. The van der Waals surface area contributed by atoms with Crippen LogP contribution in [0.1, 0.15) is 27.2 Å². The normalized spacial score (nSPS) is 10.4. The molecule has 5 nitrogen and oxygen atoms in total. The smallest absolute Gasteiger partial charge is 0.239 e. The van der Waals surface area contributed by atoms with E-state index < -0.39 is 0 Å². The van der Waals surface area contributed by atoms with E-state index >= 15 is 0 Å². The van der Waals surface area contributed by atoms with Gasteiger partial charge in [0.1, 0.15) is 5.75 Å². The molecule has 20 heavy (non-hydrogen) atoms. The zero-order valence-electron chi connectivity index (χ0n) is 12.5. The van der Waals surface area contributed by atoms with Crippen molar-refractivity contribution >= 4 is 17.3 Å². The average Bonchev–Trinajstić information content (AvgIpc) is 2.42. The number of carbonyl (C=O) groups excluding carboxylic acids is 1. The van der Waals surface area contributed by atoms with Crippen molar-refractivity contribution in [1.82, 2.24) is 5.32 Å². The van der Waals surface area contributed by atoms with Crippen LogP contribution in [0.2, 0.25) is 0 Å². The number of anilines is 2. The topological polar surface area (TPSA) is 76.4 Å². The van der Waals surface area contributed by atoms with Crippen LogP contribution in [-0.4, -0.2) is 25.6 Å². The van der Waals surface area contributed by atoms with E-state index in [0.29, 0.717) is 30.5 Å². The lowest BCUT2D eigenvalue weighted by atomic mass is 10.2. The van der Waals surface area contributed by atoms with Gasteiger partial charge in [-0.2, -0.15) is 0 Å². The van der Waals surface area contributed by atoms with Crippen LogP contribution < -0.4 is 21.1 Å². The van der Waals surface area contributed by atoms with Gasteiger partial charge in [-0.25, -0.2) is 0 Å². The molecule has 0 fully saturated rings. The quantitative estimate of drug-likeness (QED) is 0.638. The molecule has 1 amide bonds. The lowest BCUT2D eigenvalue weighted by Gasteiger charge is -2.12. The SMILES string of the molecule is CCCOc1cc(NCC(=O)NCC(C)C)ccc1N. The molecule has 0 aliphatic carbocycles. The predicted molar refractivity (Wildman–Crippen MR) is 83.0 cm³/mol. The Labute approximate surface area is 120 Å². The van der Waals surface area contributed by atoms with Gasteiger partial charge in [0, 0.05) is 18.3 Å². The van der Waals surface area contributed by atoms with Crippen LogP contribution in [-0.2, 0) is 4.79 Å². The van der Waals surface area contributed by atoms with Crippen LogP contribution in [0.25, 0.3) is 0 Å². The molecule has 0 unspecified atom stereocenters. The first-order chi connectivity index (χ1) is 9.52. The Hall–Kier alpha value is -1.91. The lowest BCUT2D eigenvalue weighted by molar-refractivity contribution is -0.119. The van der Waals surface area contributed by atoms with Crippen molar-refractivity contribution in [3.8, 4) is 5.75 Å². The average molecular weight is 279 g/mol. The minimum Gasteiger partial charge on any atom is -0.491 e. The third-order valence-corrected chi connectivity index (χ3v) is 2.64. The summed E-state index contributed by atoms with van der Waals surface area (Å²) in [7, 11) is 0. The van der Waals surface area contributed by atoms with E-state index in [1.807, 2.05) is 19.1 Å². The summed E-state index contributed by atoms with van der Waals surface area (Å²) in [6.45, 7) is 7.72. The van der Waals surface area contributed by atoms with Crippen molar-refractivity contribution in [3.05, 3.63) is 18.2 Å². The monoisotopic (exact) mass is 279 g/mol. The van der Waals surface area contributed by atoms with Gasteiger partial charge in [0.25, 0.3) is 0 Å². The number of ether oxygens (including phenoxy) is 1. The van der Waals surface area contributed by atoms with E-state index in [1.165, 1.54) is 0 Å². The zero-order valence-corrected chi connectivity index (χ0v) is 12.5. The summed E-state index contributed by atoms with van der Waals surface area (Å²) in [5.74, 6) is 1.08. The fourth-order valence-corrected chi connectivity index (χ4v) is 1.54. The van der Waals surface area contributed by atoms with Gasteiger partial charge in [0.2, 0.25) is 5.91 Å². The summed E-state index contributed by atoms with van der Waals surface area (Å²) in [4.78, 5) is 11.6. The summed E-state index contributed by atoms with van der Waals surface area (Å²) in [5.41, 5.74) is 7.26. The maximum atomic E-state index is 11.6. The summed E-state index contributed by atoms with van der Waals surface area (Å²) in [5, 5.41) is 5.92. The minimum absolute atomic E-state index is 0.0217. The van der Waals surface area contributed by atoms with Gasteiger partial charge in [-0.1, -0.05) is 20.8 Å². The molecule has 1 rings (SSSR count). The molecule has 0 aliphatic heterocycles. The van der Waals surface area contributed by atoms with E-state index in [9.17, 15) is 4.79 Å². The van der Waals surface area contributed by atoms with Crippen LogP contribution in [0.5, 0.6) is 5.75 Å². The Kier molecular flexibility index (Phi) is 6.70. The van der Waals surface area contributed by atoms with E-state index in [1.54, 1.807) is 6.07 Å². The molecule has 0 heterocycles. The highest BCUT2D eigenvalue weighted by molar-refractivity contribution is 5.81. The molecular formula is C15H25N3O2. The number of amides is 1. The van der Waals surface area contributed by atoms with Crippen LogP contribution in [0.4, 0.5) is 11.4 Å². The highest BCUT2D eigenvalue weighted by atomic mass is 16.5. The minimum atomic E-state index is -0.0217. The number of hydrogen-bond donors (Lipinski definition) is 3. The van der Waals surface area contributed by atoms with Crippen LogP contribution in [0, 0.1) is 5.92 Å². The molecule has 112 valence electrons. The molecule has 0 radical (unpaired) electrons. The summed E-state index contributed by atoms with van der Waals surface area (Å²) in [6.07, 6.45) is 0.925. The van der Waals surface area contributed by atoms with Gasteiger partial charge >= 0.3 is 0 Å². The molecule has 0 aromatic heterocycles. The molecule has 0 bridgehead atoms. The summed E-state index contributed by atoms with van der Waals surface area (Å²) < 4.78 is 5.55. The molecule has 0 aliphatic rings. The standard InChI is InChI=1S/C15H25N3O2/c1-4-7-20-14-8-12(5-6-13(14)16)17-10-15(19)18-9-11(2)3/h5-6,8,11,17H,4,7,9-10,16H2,1-3H3,(H,18,19). The third kappa shape index (κ3) is 5.82. The Bertz CT molecular complexity index is 433. The highest BCUT2D eigenvalue weighted by Gasteiger charge is 2.05. The molecule has 0 atom stereocenters. The molecule has 0 spiro atoms. The van der Waals surface area contributed by atoms with E-state index in [0.717, 1.165) is 12.1 Å². The maximum Gasteiger partial charge on any atom is 0.239 e. The summed E-state index contributed by atoms with van der Waals surface area (Å²) >= 11 is 0. The molecule has 0 saturated carbocycles. The van der Waals surface area contributed by atoms with Crippen molar-refractivity contribution in [2.24, 2.45) is 5.92 Å². The molecule has 0 saturated heterocycles. The Morgan fingerprint density at radius 1 is 1.40 bits per heavy atom. The van der Waals surface area contributed by atoms with Crippen LogP contribution >= 0.6 is 0 Å². The van der Waals surface area contributed by atoms with Crippen LogP contribution in [0.15, 0.2) is 18.2 Å². The largest absolute Gasteiger partial charge is 0.491 e. The Morgan fingerprint density at radius 3 is 2.80 bits per heavy atom. The first kappa shape index (κ1) is 16.1. The maximum absolute atomic E-state index is 11.6. The van der Waals surface area contributed by atoms with Crippen LogP contribution in [0.3, 0.4) is 0 Å². The number of nitrogens with two attached hydrogens (primary N) is 1. The molecular weight excluding hydrogens is 254 g/mol. The van der Waals surface area contributed by atoms with Gasteiger partial charge < -0.3 is 21.1 Å². The molecule has 1 aromatic rings. The highest BCUT2D eigenvalue weighted by Crippen LogP contribution is 2.25. The fraction of sp³-hybridized carbons (Fsp3) is 0.533. The van der Waals surface area contributed by atoms with Crippen molar-refractivity contribution in [2.75, 3.05) is 30.7 Å². The van der Waals surface area contributed by atoms with Crippen molar-refractivity contribution in [2.45, 2.75) is 27.2 Å². The van der Waals surface area contributed by atoms with Crippen molar-refractivity contribution in [3.63, 3.8) is 0 Å². The number of rotatable bonds is 8. The predicted octanol–water partition coefficient (Wildman–Crippen LogP) is 2.24. The van der Waals surface area contributed by atoms with Gasteiger partial charge in [-0.3, -0.25) is 4.79 Å². The number of nitrogens with one attached hydrogen (secondary N) is 2. The number of hydrogen-bond acceptors (Lipinski definition) is 4. The summed E-state index contributed by atoms with van der Waals surface area (Å²) in [6, 6.07) is 5.43. The molecule has 4 N–H and O–H groups in total. The van der Waals surface area contributed by atoms with Crippen molar-refractivity contribution < 1.29 is 9.53 Å². The number of nitrogen functional groups attached to an aromatic ring is 1. The lowest BCUT2D eigenvalue weighted by Crippen LogP contribution is -2.32. The van der Waals surface area contributed by atoms with Gasteiger partial charge in [-0.05, 0) is 24.5 Å². The third-order valence-electron chi connectivity index (χ3n) is 2.64. The van der Waals surface area contributed by atoms with E-state index in [-0.39, 0.29) is 12.5 Å². The second-order valence-electron chi connectivity index (χ2n) is 5.15. The first-order valence-electron chi connectivity index (χ1n) is 7.05. The van der Waals surface area contributed by atoms with Gasteiger partial charge in [-0.15, -0.1) is 0 Å². The molecule has 1 aromatic carbocycles. The van der Waals surface area contributed by atoms with Gasteiger partial charge in [0.15, 0.2) is 0 Å².